The molecule has 0 bridgehead atoms. The molecule has 0 aromatic carbocycles. The van der Waals surface area contributed by atoms with E-state index in [1.165, 1.54) is 12.6 Å². The zero-order chi connectivity index (χ0) is 9.97. The Bertz CT molecular complexity index is 334. The van der Waals surface area contributed by atoms with Crippen molar-refractivity contribution >= 4 is 17.2 Å². The molecule has 0 aliphatic heterocycles. The van der Waals surface area contributed by atoms with E-state index in [1.807, 2.05) is 0 Å². The van der Waals surface area contributed by atoms with Crippen molar-refractivity contribution < 1.29 is 4.74 Å². The first kappa shape index (κ1) is 9.33. The van der Waals surface area contributed by atoms with Crippen LogP contribution in [-0.2, 0) is 0 Å². The molecule has 74 valence electrons. The van der Waals surface area contributed by atoms with Gasteiger partial charge >= 0.3 is 0 Å². The molecule has 0 spiro atoms. The summed E-state index contributed by atoms with van der Waals surface area (Å²) in [4.78, 5) is 8.36. The summed E-state index contributed by atoms with van der Waals surface area (Å²) in [6.45, 7) is 0. The largest absolute Gasteiger partial charge is 0.473 e. The molecule has 0 unspecified atom stereocenters. The number of nitrogens with two attached hydrogens (primary N) is 1. The number of hydrogen-bond donors (Lipinski definition) is 1. The third kappa shape index (κ3) is 1.98. The number of hydrogen-bond acceptors (Lipinski definition) is 4. The first-order chi connectivity index (χ1) is 6.75. The molecule has 1 fully saturated rings. The van der Waals surface area contributed by atoms with Gasteiger partial charge in [0, 0.05) is 0 Å². The molecule has 1 aromatic rings. The number of thiocarbonyl (C=S) groups is 1. The second-order valence-corrected chi connectivity index (χ2v) is 3.71. The zero-order valence-electron chi connectivity index (χ0n) is 7.64. The number of ether oxygens (including phenoxy) is 1. The molecular formula is C9H11N3OS. The van der Waals surface area contributed by atoms with Crippen LogP contribution in [0.2, 0.25) is 0 Å². The van der Waals surface area contributed by atoms with E-state index < -0.39 is 0 Å². The number of rotatable bonds is 3. The first-order valence-electron chi connectivity index (χ1n) is 4.54. The molecule has 1 aliphatic carbocycles. The highest BCUT2D eigenvalue weighted by Crippen LogP contribution is 2.23. The van der Waals surface area contributed by atoms with Gasteiger partial charge in [-0.2, -0.15) is 0 Å². The van der Waals surface area contributed by atoms with Gasteiger partial charge in [-0.05, 0) is 19.3 Å². The van der Waals surface area contributed by atoms with Crippen LogP contribution in [0.5, 0.6) is 5.88 Å². The Morgan fingerprint density at radius 2 is 2.21 bits per heavy atom. The summed E-state index contributed by atoms with van der Waals surface area (Å²) in [6.07, 6.45) is 6.88. The van der Waals surface area contributed by atoms with Crippen LogP contribution in [0.25, 0.3) is 0 Å². The third-order valence-corrected chi connectivity index (χ3v) is 2.43. The van der Waals surface area contributed by atoms with Gasteiger partial charge in [0.15, 0.2) is 0 Å². The minimum Gasteiger partial charge on any atom is -0.473 e. The van der Waals surface area contributed by atoms with Crippen molar-refractivity contribution in [2.75, 3.05) is 0 Å². The van der Waals surface area contributed by atoms with E-state index in [0.717, 1.165) is 12.8 Å². The Morgan fingerprint density at radius 3 is 2.64 bits per heavy atom. The number of nitrogens with zero attached hydrogens (tertiary/aromatic N) is 2. The predicted molar refractivity (Wildman–Crippen MR) is 56.2 cm³/mol. The number of aromatic nitrogens is 2. The Morgan fingerprint density at radius 1 is 1.43 bits per heavy atom. The van der Waals surface area contributed by atoms with Gasteiger partial charge in [-0.3, -0.25) is 0 Å². The van der Waals surface area contributed by atoms with Crippen molar-refractivity contribution in [3.05, 3.63) is 18.1 Å². The molecule has 0 radical (unpaired) electrons. The molecule has 1 aliphatic rings. The maximum absolute atomic E-state index is 5.53. The second-order valence-electron chi connectivity index (χ2n) is 3.27. The average molecular weight is 209 g/mol. The lowest BCUT2D eigenvalue weighted by Crippen LogP contribution is -2.25. The zero-order valence-corrected chi connectivity index (χ0v) is 8.46. The van der Waals surface area contributed by atoms with E-state index in [0.29, 0.717) is 17.7 Å². The summed E-state index contributed by atoms with van der Waals surface area (Å²) >= 11 is 4.76. The highest BCUT2D eigenvalue weighted by atomic mass is 32.1. The molecule has 14 heavy (non-hydrogen) atoms. The van der Waals surface area contributed by atoms with Crippen LogP contribution in [0.4, 0.5) is 0 Å². The summed E-state index contributed by atoms with van der Waals surface area (Å²) in [6, 6.07) is 0. The molecule has 2 rings (SSSR count). The molecule has 0 atom stereocenters. The lowest BCUT2D eigenvalue weighted by molar-refractivity contribution is 0.114. The molecule has 1 saturated carbocycles. The third-order valence-electron chi connectivity index (χ3n) is 2.22. The first-order valence-corrected chi connectivity index (χ1v) is 4.95. The molecule has 1 aromatic heterocycles. The van der Waals surface area contributed by atoms with E-state index in [9.17, 15) is 0 Å². The molecule has 2 N–H and O–H groups in total. The average Bonchev–Trinajstić information content (AvgIpc) is 2.12. The van der Waals surface area contributed by atoms with Gasteiger partial charge in [-0.15, -0.1) is 0 Å². The standard InChI is InChI=1S/C9H11N3OS/c10-9(14)7-4-12-8(5-11-7)13-6-2-1-3-6/h4-6H,1-3H2,(H2,10,14). The van der Waals surface area contributed by atoms with Crippen LogP contribution in [0.1, 0.15) is 25.0 Å². The summed E-state index contributed by atoms with van der Waals surface area (Å²) in [5.74, 6) is 0.551. The van der Waals surface area contributed by atoms with E-state index in [4.69, 9.17) is 22.7 Å². The fraction of sp³-hybridized carbons (Fsp3) is 0.444. The summed E-state index contributed by atoms with van der Waals surface area (Å²) < 4.78 is 5.53. The maximum Gasteiger partial charge on any atom is 0.232 e. The van der Waals surface area contributed by atoms with Gasteiger partial charge in [0.2, 0.25) is 5.88 Å². The quantitative estimate of drug-likeness (QED) is 0.754. The minimum atomic E-state index is 0.257. The van der Waals surface area contributed by atoms with Crippen LogP contribution in [-0.4, -0.2) is 21.1 Å². The van der Waals surface area contributed by atoms with Crippen molar-refractivity contribution in [3.8, 4) is 5.88 Å². The van der Waals surface area contributed by atoms with Crippen molar-refractivity contribution in [3.63, 3.8) is 0 Å². The van der Waals surface area contributed by atoms with Gasteiger partial charge < -0.3 is 10.5 Å². The van der Waals surface area contributed by atoms with Gasteiger partial charge in [0.05, 0.1) is 12.4 Å². The molecule has 0 saturated heterocycles. The van der Waals surface area contributed by atoms with Crippen LogP contribution in [0, 0.1) is 0 Å². The molecule has 4 nitrogen and oxygen atoms in total. The lowest BCUT2D eigenvalue weighted by Gasteiger charge is -2.25. The minimum absolute atomic E-state index is 0.257. The Hall–Kier alpha value is -1.23. The SMILES string of the molecule is NC(=S)c1cnc(OC2CCC2)cn1. The molecular weight excluding hydrogens is 198 g/mol. The molecule has 1 heterocycles. The van der Waals surface area contributed by atoms with Crippen LogP contribution in [0.15, 0.2) is 12.4 Å². The normalized spacial score (nSPS) is 16.0. The van der Waals surface area contributed by atoms with Crippen LogP contribution < -0.4 is 10.5 Å². The lowest BCUT2D eigenvalue weighted by atomic mass is 9.96. The summed E-state index contributed by atoms with van der Waals surface area (Å²) in [7, 11) is 0. The van der Waals surface area contributed by atoms with Crippen molar-refractivity contribution in [1.29, 1.82) is 0 Å². The van der Waals surface area contributed by atoms with E-state index in [1.54, 1.807) is 6.20 Å². The van der Waals surface area contributed by atoms with Crippen molar-refractivity contribution in [2.45, 2.75) is 25.4 Å². The Labute approximate surface area is 87.5 Å². The van der Waals surface area contributed by atoms with Crippen LogP contribution >= 0.6 is 12.2 Å². The van der Waals surface area contributed by atoms with Crippen molar-refractivity contribution in [1.82, 2.24) is 9.97 Å². The Balaban J connectivity index is 2.01. The van der Waals surface area contributed by atoms with E-state index in [-0.39, 0.29) is 4.99 Å². The van der Waals surface area contributed by atoms with Gasteiger partial charge in [0.25, 0.3) is 0 Å². The molecule has 5 heteroatoms. The van der Waals surface area contributed by atoms with Crippen LogP contribution in [0.3, 0.4) is 0 Å². The monoisotopic (exact) mass is 209 g/mol. The second kappa shape index (κ2) is 3.88. The van der Waals surface area contributed by atoms with Crippen molar-refractivity contribution in [2.24, 2.45) is 5.73 Å². The topological polar surface area (TPSA) is 61.0 Å². The van der Waals surface area contributed by atoms with Gasteiger partial charge in [-0.1, -0.05) is 12.2 Å². The van der Waals surface area contributed by atoms with E-state index >= 15 is 0 Å². The molecule has 0 amide bonds. The maximum atomic E-state index is 5.53. The smallest absolute Gasteiger partial charge is 0.232 e. The summed E-state index contributed by atoms with van der Waals surface area (Å²) in [5, 5.41) is 0. The van der Waals surface area contributed by atoms with Gasteiger partial charge in [-0.25, -0.2) is 9.97 Å². The van der Waals surface area contributed by atoms with E-state index in [2.05, 4.69) is 9.97 Å². The Kier molecular flexibility index (Phi) is 2.58. The fourth-order valence-electron chi connectivity index (χ4n) is 1.16. The highest BCUT2D eigenvalue weighted by Gasteiger charge is 2.19. The predicted octanol–water partition coefficient (Wildman–Crippen LogP) is 1.04. The van der Waals surface area contributed by atoms with Gasteiger partial charge in [0.1, 0.15) is 16.8 Å². The highest BCUT2D eigenvalue weighted by molar-refractivity contribution is 7.80. The summed E-state index contributed by atoms with van der Waals surface area (Å²) in [5.41, 5.74) is 5.92. The fourth-order valence-corrected chi connectivity index (χ4v) is 1.27.